The van der Waals surface area contributed by atoms with E-state index in [2.05, 4.69) is 42.2 Å². The van der Waals surface area contributed by atoms with Gasteiger partial charge in [-0.2, -0.15) is 0 Å². The van der Waals surface area contributed by atoms with E-state index in [-0.39, 0.29) is 25.3 Å². The summed E-state index contributed by atoms with van der Waals surface area (Å²) in [6.07, 6.45) is 0.823. The van der Waals surface area contributed by atoms with Gasteiger partial charge in [0.25, 0.3) is 0 Å². The van der Waals surface area contributed by atoms with Crippen molar-refractivity contribution in [1.82, 2.24) is 37.2 Å². The van der Waals surface area contributed by atoms with E-state index in [9.17, 15) is 38.4 Å². The maximum absolute atomic E-state index is 13.1. The first-order valence-corrected chi connectivity index (χ1v) is 14.7. The van der Waals surface area contributed by atoms with Crippen molar-refractivity contribution in [2.75, 3.05) is 6.54 Å². The number of hydrogen-bond acceptors (Lipinski definition) is 10. The first kappa shape index (κ1) is 41.2. The predicted octanol–water partition coefficient (Wildman–Crippen LogP) is -4.90. The van der Waals surface area contributed by atoms with Crippen LogP contribution in [-0.4, -0.2) is 108 Å². The molecule has 0 bridgehead atoms. The number of nitrogens with one attached hydrogen (secondary N) is 7. The van der Waals surface area contributed by atoms with Gasteiger partial charge in [0.15, 0.2) is 5.96 Å². The average molecular weight is 656 g/mol. The molecular weight excluding hydrogens is 606 g/mol. The average Bonchev–Trinajstić information content (AvgIpc) is 2.97. The molecule has 0 rings (SSSR count). The van der Waals surface area contributed by atoms with Crippen molar-refractivity contribution in [1.29, 1.82) is 0 Å². The van der Waals surface area contributed by atoms with Crippen molar-refractivity contribution in [3.05, 3.63) is 0 Å². The number of amides is 7. The summed E-state index contributed by atoms with van der Waals surface area (Å²) in [6.45, 7) is 9.95. The van der Waals surface area contributed by atoms with Gasteiger partial charge in [-0.1, -0.05) is 0 Å². The van der Waals surface area contributed by atoms with Gasteiger partial charge < -0.3 is 59.2 Å². The summed E-state index contributed by atoms with van der Waals surface area (Å²) in [5.74, 6) is -4.91. The van der Waals surface area contributed by atoms with E-state index in [1.165, 1.54) is 48.5 Å². The first-order valence-electron chi connectivity index (χ1n) is 14.7. The molecule has 0 radical (unpaired) electrons. The number of rotatable bonds is 19. The Hall–Kier alpha value is -4.81. The lowest BCUT2D eigenvalue weighted by molar-refractivity contribution is -0.135. The van der Waals surface area contributed by atoms with Crippen LogP contribution >= 0.6 is 0 Å². The molecule has 19 nitrogen and oxygen atoms in total. The number of hydrogen-bond donors (Lipinski definition) is 10. The van der Waals surface area contributed by atoms with Crippen molar-refractivity contribution in [2.24, 2.45) is 22.2 Å². The number of nitrogens with two attached hydrogens (primary N) is 3. The Kier molecular flexibility index (Phi) is 18.1. The highest BCUT2D eigenvalue weighted by Gasteiger charge is 2.29. The fourth-order valence-electron chi connectivity index (χ4n) is 3.45. The zero-order chi connectivity index (χ0) is 35.7. The Morgan fingerprint density at radius 2 is 0.913 bits per heavy atom. The van der Waals surface area contributed by atoms with Crippen molar-refractivity contribution in [2.45, 2.75) is 110 Å². The SMILES string of the molecule is C[C@H](N)C(=O)N[C@@H](C)C(=O)N[C@@H](C)C(=O)N[C@@H](C)C(=O)N[C@@H](CCCN=C(N)N)C(=O)N[C@@H](C)C(=O)N[C@@H](C)C(=O)N[C@@H](C)C=O. The van der Waals surface area contributed by atoms with Crippen LogP contribution in [0.25, 0.3) is 0 Å². The molecule has 0 fully saturated rings. The van der Waals surface area contributed by atoms with E-state index in [4.69, 9.17) is 17.2 Å². The fourth-order valence-corrected chi connectivity index (χ4v) is 3.45. The Morgan fingerprint density at radius 1 is 0.565 bits per heavy atom. The van der Waals surface area contributed by atoms with Gasteiger partial charge >= 0.3 is 0 Å². The number of carbonyl (C=O) groups is 8. The van der Waals surface area contributed by atoms with Gasteiger partial charge in [0.2, 0.25) is 41.4 Å². The molecule has 0 aromatic rings. The van der Waals surface area contributed by atoms with Gasteiger partial charge in [0, 0.05) is 6.54 Å². The van der Waals surface area contributed by atoms with Crippen LogP contribution < -0.4 is 54.4 Å². The van der Waals surface area contributed by atoms with Crippen LogP contribution in [0.1, 0.15) is 61.3 Å². The molecular formula is C27H49N11O8. The summed E-state index contributed by atoms with van der Waals surface area (Å²) in [6, 6.07) is -8.17. The molecule has 0 aliphatic rings. The first-order chi connectivity index (χ1) is 21.3. The molecule has 8 atom stereocenters. The van der Waals surface area contributed by atoms with Crippen molar-refractivity contribution >= 4 is 53.6 Å². The fraction of sp³-hybridized carbons (Fsp3) is 0.667. The molecule has 260 valence electrons. The second kappa shape index (κ2) is 20.3. The van der Waals surface area contributed by atoms with Crippen LogP contribution in [0, 0.1) is 0 Å². The van der Waals surface area contributed by atoms with Crippen LogP contribution in [0.3, 0.4) is 0 Å². The number of aldehydes is 1. The highest BCUT2D eigenvalue weighted by atomic mass is 16.2. The molecule has 0 aliphatic heterocycles. The summed E-state index contributed by atoms with van der Waals surface area (Å²) in [5, 5.41) is 17.1. The summed E-state index contributed by atoms with van der Waals surface area (Å²) in [4.78, 5) is 102. The molecule has 0 aromatic carbocycles. The monoisotopic (exact) mass is 655 g/mol. The van der Waals surface area contributed by atoms with E-state index in [1.807, 2.05) is 0 Å². The molecule has 0 aliphatic carbocycles. The minimum absolute atomic E-state index is 0.0449. The molecule has 0 aromatic heterocycles. The third-order valence-corrected chi connectivity index (χ3v) is 6.33. The second-order valence-electron chi connectivity index (χ2n) is 10.9. The molecule has 19 heteroatoms. The quantitative estimate of drug-likeness (QED) is 0.0272. The largest absolute Gasteiger partial charge is 0.370 e. The third-order valence-electron chi connectivity index (χ3n) is 6.33. The van der Waals surface area contributed by atoms with E-state index < -0.39 is 89.7 Å². The van der Waals surface area contributed by atoms with Crippen LogP contribution in [0.2, 0.25) is 0 Å². The highest BCUT2D eigenvalue weighted by molar-refractivity contribution is 5.97. The van der Waals surface area contributed by atoms with Gasteiger partial charge in [-0.3, -0.25) is 38.6 Å². The molecule has 46 heavy (non-hydrogen) atoms. The molecule has 0 unspecified atom stereocenters. The maximum atomic E-state index is 13.1. The lowest BCUT2D eigenvalue weighted by Crippen LogP contribution is -2.58. The maximum Gasteiger partial charge on any atom is 0.243 e. The van der Waals surface area contributed by atoms with E-state index in [0.717, 1.165) is 0 Å². The number of nitrogens with zero attached hydrogens (tertiary/aromatic N) is 1. The van der Waals surface area contributed by atoms with E-state index in [0.29, 0.717) is 6.29 Å². The summed E-state index contributed by atoms with van der Waals surface area (Å²) >= 11 is 0. The van der Waals surface area contributed by atoms with Crippen molar-refractivity contribution in [3.8, 4) is 0 Å². The number of aliphatic imine (C=N–C) groups is 1. The lowest BCUT2D eigenvalue weighted by Gasteiger charge is -2.24. The van der Waals surface area contributed by atoms with Crippen LogP contribution in [-0.2, 0) is 38.4 Å². The summed E-state index contributed by atoms with van der Waals surface area (Å²) < 4.78 is 0. The zero-order valence-electron chi connectivity index (χ0n) is 27.3. The Balaban J connectivity index is 5.35. The molecule has 0 spiro atoms. The smallest absolute Gasteiger partial charge is 0.243 e. The van der Waals surface area contributed by atoms with E-state index in [1.54, 1.807) is 0 Å². The second-order valence-corrected chi connectivity index (χ2v) is 10.9. The molecule has 0 saturated carbocycles. The minimum atomic E-state index is -1.18. The van der Waals surface area contributed by atoms with Gasteiger partial charge in [0.1, 0.15) is 42.5 Å². The predicted molar refractivity (Wildman–Crippen MR) is 167 cm³/mol. The minimum Gasteiger partial charge on any atom is -0.370 e. The van der Waals surface area contributed by atoms with Gasteiger partial charge in [-0.15, -0.1) is 0 Å². The van der Waals surface area contributed by atoms with Crippen molar-refractivity contribution < 1.29 is 38.4 Å². The van der Waals surface area contributed by atoms with Crippen LogP contribution in [0.5, 0.6) is 0 Å². The Labute approximate surface area is 267 Å². The molecule has 0 heterocycles. The highest BCUT2D eigenvalue weighted by Crippen LogP contribution is 2.02. The molecule has 0 saturated heterocycles. The standard InChI is InChI=1S/C27H49N11O8/c1-12(11-39)32-21(41)14(3)34-24(44)17(6)37-26(46)19(9-8-10-31-27(29)30)38-25(45)18(7)36-23(43)16(5)35-22(42)15(4)33-20(40)13(2)28/h11-19H,8-10,28H2,1-7H3,(H,32,41)(H,33,40)(H,34,44)(H,35,42)(H,36,43)(H,37,46)(H,38,45)(H4,29,30,31)/t12-,13-,14-,15-,16-,17-,18-,19-/m0/s1. The number of guanidine groups is 1. The summed E-state index contributed by atoms with van der Waals surface area (Å²) in [5.41, 5.74) is 16.1. The normalized spacial score (nSPS) is 15.8. The topological polar surface area (TPSA) is 311 Å². The Bertz CT molecular complexity index is 1140. The lowest BCUT2D eigenvalue weighted by atomic mass is 10.1. The third kappa shape index (κ3) is 15.8. The van der Waals surface area contributed by atoms with E-state index >= 15 is 0 Å². The Morgan fingerprint density at radius 3 is 1.28 bits per heavy atom. The van der Waals surface area contributed by atoms with Gasteiger partial charge in [0.05, 0.1) is 12.1 Å². The van der Waals surface area contributed by atoms with Gasteiger partial charge in [-0.05, 0) is 61.3 Å². The number of carbonyl (C=O) groups excluding carboxylic acids is 8. The van der Waals surface area contributed by atoms with Gasteiger partial charge in [-0.25, -0.2) is 0 Å². The van der Waals surface area contributed by atoms with Crippen molar-refractivity contribution in [3.63, 3.8) is 0 Å². The molecule has 7 amide bonds. The zero-order valence-corrected chi connectivity index (χ0v) is 27.3. The summed E-state index contributed by atoms with van der Waals surface area (Å²) in [7, 11) is 0. The van der Waals surface area contributed by atoms with Crippen LogP contribution in [0.4, 0.5) is 0 Å². The molecule has 13 N–H and O–H groups in total. The van der Waals surface area contributed by atoms with Crippen LogP contribution in [0.15, 0.2) is 4.99 Å².